The van der Waals surface area contributed by atoms with E-state index in [2.05, 4.69) is 15.7 Å². The molecule has 2 rings (SSSR count). The fourth-order valence-electron chi connectivity index (χ4n) is 2.74. The fourth-order valence-corrected chi connectivity index (χ4v) is 2.74. The Morgan fingerprint density at radius 3 is 2.37 bits per heavy atom. The summed E-state index contributed by atoms with van der Waals surface area (Å²) in [5.74, 6) is -0.0197. The SMILES string of the molecule is Cc1nn(-c2ccccc2)c(C)c1CNC(=O)CCCNC(=O)C(C)(C)C. The molecule has 0 aliphatic rings. The monoisotopic (exact) mass is 370 g/mol. The Kier molecular flexibility index (Phi) is 6.77. The van der Waals surface area contributed by atoms with E-state index in [-0.39, 0.29) is 11.8 Å². The van der Waals surface area contributed by atoms with Gasteiger partial charge in [-0.1, -0.05) is 39.0 Å². The Labute approximate surface area is 161 Å². The van der Waals surface area contributed by atoms with Gasteiger partial charge in [-0.15, -0.1) is 0 Å². The molecule has 6 heteroatoms. The summed E-state index contributed by atoms with van der Waals surface area (Å²) in [6.45, 7) is 10.5. The Hall–Kier alpha value is -2.63. The van der Waals surface area contributed by atoms with E-state index in [1.165, 1.54) is 0 Å². The summed E-state index contributed by atoms with van der Waals surface area (Å²) >= 11 is 0. The highest BCUT2D eigenvalue weighted by Gasteiger charge is 2.20. The minimum atomic E-state index is -0.407. The van der Waals surface area contributed by atoms with Gasteiger partial charge in [0.15, 0.2) is 0 Å². The first-order valence-corrected chi connectivity index (χ1v) is 9.35. The summed E-state index contributed by atoms with van der Waals surface area (Å²) in [5.41, 5.74) is 3.57. The van der Waals surface area contributed by atoms with Crippen LogP contribution < -0.4 is 10.6 Å². The van der Waals surface area contributed by atoms with Crippen LogP contribution in [0.2, 0.25) is 0 Å². The summed E-state index contributed by atoms with van der Waals surface area (Å²) < 4.78 is 1.90. The first-order chi connectivity index (χ1) is 12.7. The number of benzene rings is 1. The Bertz CT molecular complexity index is 789. The molecule has 0 radical (unpaired) electrons. The van der Waals surface area contributed by atoms with Gasteiger partial charge >= 0.3 is 0 Å². The van der Waals surface area contributed by atoms with Crippen molar-refractivity contribution in [3.05, 3.63) is 47.3 Å². The standard InChI is InChI=1S/C21H30N4O2/c1-15-18(16(2)25(24-15)17-10-7-6-8-11-17)14-23-19(26)12-9-13-22-20(27)21(3,4)5/h6-8,10-11H,9,12-14H2,1-5H3,(H,22,27)(H,23,26). The van der Waals surface area contributed by atoms with Crippen molar-refractivity contribution in [1.29, 1.82) is 0 Å². The van der Waals surface area contributed by atoms with E-state index in [9.17, 15) is 9.59 Å². The maximum Gasteiger partial charge on any atom is 0.225 e. The number of nitrogens with one attached hydrogen (secondary N) is 2. The first kappa shape index (κ1) is 20.7. The van der Waals surface area contributed by atoms with Crippen molar-refractivity contribution in [2.24, 2.45) is 5.41 Å². The van der Waals surface area contributed by atoms with E-state index in [0.717, 1.165) is 22.6 Å². The van der Waals surface area contributed by atoms with Crippen molar-refractivity contribution in [2.45, 2.75) is 54.0 Å². The van der Waals surface area contributed by atoms with Gasteiger partial charge in [0.25, 0.3) is 0 Å². The largest absolute Gasteiger partial charge is 0.356 e. The lowest BCUT2D eigenvalue weighted by Crippen LogP contribution is -2.35. The molecule has 0 unspecified atom stereocenters. The van der Waals surface area contributed by atoms with Gasteiger partial charge in [-0.2, -0.15) is 5.10 Å². The minimum Gasteiger partial charge on any atom is -0.356 e. The van der Waals surface area contributed by atoms with Crippen molar-refractivity contribution in [3.63, 3.8) is 0 Å². The molecule has 0 saturated heterocycles. The van der Waals surface area contributed by atoms with Gasteiger partial charge in [-0.3, -0.25) is 9.59 Å². The van der Waals surface area contributed by atoms with E-state index in [1.54, 1.807) is 0 Å². The topological polar surface area (TPSA) is 76.0 Å². The number of carbonyl (C=O) groups is 2. The van der Waals surface area contributed by atoms with Gasteiger partial charge in [-0.05, 0) is 32.4 Å². The predicted molar refractivity (Wildman–Crippen MR) is 107 cm³/mol. The van der Waals surface area contributed by atoms with E-state index in [1.807, 2.05) is 69.6 Å². The molecule has 0 spiro atoms. The molecule has 1 aromatic heterocycles. The normalized spacial score (nSPS) is 11.3. The molecule has 6 nitrogen and oxygen atoms in total. The number of aryl methyl sites for hydroxylation is 1. The smallest absolute Gasteiger partial charge is 0.225 e. The van der Waals surface area contributed by atoms with E-state index >= 15 is 0 Å². The van der Waals surface area contributed by atoms with Crippen molar-refractivity contribution in [3.8, 4) is 5.69 Å². The molecule has 0 fully saturated rings. The lowest BCUT2D eigenvalue weighted by atomic mass is 9.96. The van der Waals surface area contributed by atoms with Crippen LogP contribution in [-0.2, 0) is 16.1 Å². The van der Waals surface area contributed by atoms with Crippen LogP contribution in [0.15, 0.2) is 30.3 Å². The van der Waals surface area contributed by atoms with Crippen LogP contribution in [0.1, 0.15) is 50.6 Å². The van der Waals surface area contributed by atoms with E-state index < -0.39 is 5.41 Å². The van der Waals surface area contributed by atoms with Crippen molar-refractivity contribution >= 4 is 11.8 Å². The highest BCUT2D eigenvalue weighted by molar-refractivity contribution is 5.81. The second kappa shape index (κ2) is 8.84. The Morgan fingerprint density at radius 1 is 1.07 bits per heavy atom. The molecular formula is C21H30N4O2. The maximum atomic E-state index is 12.1. The molecule has 146 valence electrons. The van der Waals surface area contributed by atoms with E-state index in [4.69, 9.17) is 0 Å². The van der Waals surface area contributed by atoms with Crippen LogP contribution in [-0.4, -0.2) is 28.1 Å². The highest BCUT2D eigenvalue weighted by Crippen LogP contribution is 2.17. The number of hydrogen-bond acceptors (Lipinski definition) is 3. The van der Waals surface area contributed by atoms with Gasteiger partial charge in [0.2, 0.25) is 11.8 Å². The van der Waals surface area contributed by atoms with Crippen LogP contribution in [0.3, 0.4) is 0 Å². The average molecular weight is 370 g/mol. The Balaban J connectivity index is 1.84. The number of para-hydroxylation sites is 1. The molecular weight excluding hydrogens is 340 g/mol. The number of aromatic nitrogens is 2. The third-order valence-electron chi connectivity index (χ3n) is 4.45. The molecule has 2 aromatic rings. The molecule has 0 aliphatic carbocycles. The lowest BCUT2D eigenvalue weighted by molar-refractivity contribution is -0.128. The van der Waals surface area contributed by atoms with Crippen LogP contribution >= 0.6 is 0 Å². The number of nitrogens with zero attached hydrogens (tertiary/aromatic N) is 2. The molecule has 1 heterocycles. The lowest BCUT2D eigenvalue weighted by Gasteiger charge is -2.17. The van der Waals surface area contributed by atoms with Crippen LogP contribution in [0.25, 0.3) is 5.69 Å². The molecule has 2 N–H and O–H groups in total. The molecule has 0 atom stereocenters. The second-order valence-corrected chi connectivity index (χ2v) is 7.78. The van der Waals surface area contributed by atoms with Crippen LogP contribution in [0.4, 0.5) is 0 Å². The Morgan fingerprint density at radius 2 is 1.74 bits per heavy atom. The number of rotatable bonds is 7. The zero-order chi connectivity index (χ0) is 20.0. The summed E-state index contributed by atoms with van der Waals surface area (Å²) in [4.78, 5) is 23.9. The number of amides is 2. The van der Waals surface area contributed by atoms with Gasteiger partial charge in [0, 0.05) is 36.2 Å². The van der Waals surface area contributed by atoms with Gasteiger partial charge < -0.3 is 10.6 Å². The number of hydrogen-bond donors (Lipinski definition) is 2. The molecule has 2 amide bonds. The van der Waals surface area contributed by atoms with Crippen LogP contribution in [0.5, 0.6) is 0 Å². The summed E-state index contributed by atoms with van der Waals surface area (Å²) in [6, 6.07) is 9.94. The summed E-state index contributed by atoms with van der Waals surface area (Å²) in [7, 11) is 0. The molecule has 0 saturated carbocycles. The third-order valence-corrected chi connectivity index (χ3v) is 4.45. The zero-order valence-corrected chi connectivity index (χ0v) is 16.9. The van der Waals surface area contributed by atoms with Gasteiger partial charge in [0.1, 0.15) is 0 Å². The fraction of sp³-hybridized carbons (Fsp3) is 0.476. The van der Waals surface area contributed by atoms with Crippen molar-refractivity contribution < 1.29 is 9.59 Å². The predicted octanol–water partition coefficient (Wildman–Crippen LogP) is 3.05. The van der Waals surface area contributed by atoms with Crippen molar-refractivity contribution in [1.82, 2.24) is 20.4 Å². The molecule has 1 aromatic carbocycles. The van der Waals surface area contributed by atoms with Crippen LogP contribution in [0, 0.1) is 19.3 Å². The average Bonchev–Trinajstić information content (AvgIpc) is 2.90. The minimum absolute atomic E-state index is 0.00230. The second-order valence-electron chi connectivity index (χ2n) is 7.78. The molecule has 0 aliphatic heterocycles. The number of carbonyl (C=O) groups excluding carboxylic acids is 2. The van der Waals surface area contributed by atoms with E-state index in [0.29, 0.717) is 25.9 Å². The zero-order valence-electron chi connectivity index (χ0n) is 16.9. The van der Waals surface area contributed by atoms with Gasteiger partial charge in [-0.25, -0.2) is 4.68 Å². The quantitative estimate of drug-likeness (QED) is 0.736. The summed E-state index contributed by atoms with van der Waals surface area (Å²) in [5, 5.41) is 10.4. The molecule has 0 bridgehead atoms. The third kappa shape index (κ3) is 5.67. The summed E-state index contributed by atoms with van der Waals surface area (Å²) in [6.07, 6.45) is 1.00. The first-order valence-electron chi connectivity index (χ1n) is 9.35. The van der Waals surface area contributed by atoms with Gasteiger partial charge in [0.05, 0.1) is 11.4 Å². The maximum absolute atomic E-state index is 12.1. The molecule has 27 heavy (non-hydrogen) atoms. The highest BCUT2D eigenvalue weighted by atomic mass is 16.2. The van der Waals surface area contributed by atoms with Crippen molar-refractivity contribution in [2.75, 3.05) is 6.54 Å².